The molecule has 0 spiro atoms. The van der Waals surface area contributed by atoms with E-state index >= 15 is 0 Å². The van der Waals surface area contributed by atoms with Gasteiger partial charge in [0.2, 0.25) is 0 Å². The predicted octanol–water partition coefficient (Wildman–Crippen LogP) is 1.95. The number of rotatable bonds is 2. The Balaban J connectivity index is 2.45. The Kier molecular flexibility index (Phi) is 2.99. The lowest BCUT2D eigenvalue weighted by atomic mass is 10.1. The summed E-state index contributed by atoms with van der Waals surface area (Å²) in [6.45, 7) is 1.69. The summed E-state index contributed by atoms with van der Waals surface area (Å²) in [6, 6.07) is 5.14. The van der Waals surface area contributed by atoms with Crippen molar-refractivity contribution in [3.05, 3.63) is 63.1 Å². The van der Waals surface area contributed by atoms with Gasteiger partial charge in [0, 0.05) is 17.5 Å². The first-order valence-corrected chi connectivity index (χ1v) is 5.06. The number of benzene rings is 1. The molecule has 0 fully saturated rings. The van der Waals surface area contributed by atoms with Gasteiger partial charge in [-0.05, 0) is 25.1 Å². The molecule has 0 aliphatic heterocycles. The van der Waals surface area contributed by atoms with E-state index in [0.29, 0.717) is 11.3 Å². The number of hydrogen-bond acceptors (Lipinski definition) is 2. The molecule has 0 saturated carbocycles. The number of aromatic nitrogens is 2. The summed E-state index contributed by atoms with van der Waals surface area (Å²) >= 11 is 0. The minimum absolute atomic E-state index is 0.0861. The van der Waals surface area contributed by atoms with Crippen LogP contribution in [0.5, 0.6) is 0 Å². The number of halogens is 2. The van der Waals surface area contributed by atoms with Gasteiger partial charge in [-0.1, -0.05) is 6.07 Å². The van der Waals surface area contributed by atoms with Gasteiger partial charge in [0.1, 0.15) is 11.6 Å². The summed E-state index contributed by atoms with van der Waals surface area (Å²) in [5.74, 6) is -1.31. The Bertz CT molecular complexity index is 587. The van der Waals surface area contributed by atoms with Crippen molar-refractivity contribution >= 4 is 0 Å². The number of nitrogens with zero attached hydrogens (tertiary/aromatic N) is 1. The number of aromatic amines is 1. The molecule has 0 aliphatic rings. The fourth-order valence-corrected chi connectivity index (χ4v) is 1.58. The third-order valence-corrected chi connectivity index (χ3v) is 2.44. The molecule has 0 unspecified atom stereocenters. The molecule has 0 amide bonds. The maximum atomic E-state index is 13.4. The van der Waals surface area contributed by atoms with Crippen LogP contribution >= 0.6 is 0 Å². The van der Waals surface area contributed by atoms with Gasteiger partial charge >= 0.3 is 0 Å². The van der Waals surface area contributed by atoms with Crippen LogP contribution in [0.4, 0.5) is 8.78 Å². The van der Waals surface area contributed by atoms with Crippen molar-refractivity contribution < 1.29 is 8.78 Å². The molecule has 0 aliphatic carbocycles. The lowest BCUT2D eigenvalue weighted by Gasteiger charge is -2.04. The molecular formula is C12H10F2N2O. The monoisotopic (exact) mass is 236 g/mol. The Labute approximate surface area is 96.1 Å². The first-order chi connectivity index (χ1) is 8.08. The predicted molar refractivity (Wildman–Crippen MR) is 58.8 cm³/mol. The molecule has 1 aromatic carbocycles. The number of aryl methyl sites for hydroxylation is 1. The van der Waals surface area contributed by atoms with Crippen LogP contribution in [0.25, 0.3) is 0 Å². The Morgan fingerprint density at radius 3 is 2.59 bits per heavy atom. The first-order valence-electron chi connectivity index (χ1n) is 5.06. The van der Waals surface area contributed by atoms with E-state index in [1.165, 1.54) is 24.3 Å². The van der Waals surface area contributed by atoms with Gasteiger partial charge in [0.05, 0.1) is 5.69 Å². The molecule has 0 radical (unpaired) electrons. The van der Waals surface area contributed by atoms with E-state index in [-0.39, 0.29) is 12.0 Å². The second-order valence-corrected chi connectivity index (χ2v) is 3.74. The normalized spacial score (nSPS) is 10.5. The van der Waals surface area contributed by atoms with Crippen LogP contribution in [0, 0.1) is 18.6 Å². The van der Waals surface area contributed by atoms with Crippen LogP contribution in [0.2, 0.25) is 0 Å². The van der Waals surface area contributed by atoms with Crippen molar-refractivity contribution in [2.75, 3.05) is 0 Å². The number of nitrogens with one attached hydrogen (secondary N) is 1. The SMILES string of the molecule is Cc1cc(Cc2c(F)cccc2F)c(=O)[nH]n1. The molecule has 0 bridgehead atoms. The van der Waals surface area contributed by atoms with E-state index in [0.717, 1.165) is 0 Å². The van der Waals surface area contributed by atoms with Crippen molar-refractivity contribution in [2.24, 2.45) is 0 Å². The molecule has 0 saturated heterocycles. The zero-order valence-electron chi connectivity index (χ0n) is 9.13. The van der Waals surface area contributed by atoms with E-state index in [4.69, 9.17) is 0 Å². The highest BCUT2D eigenvalue weighted by Gasteiger charge is 2.11. The molecule has 1 aromatic heterocycles. The summed E-state index contributed by atoms with van der Waals surface area (Å²) in [6.07, 6.45) is -0.0861. The Morgan fingerprint density at radius 2 is 1.94 bits per heavy atom. The lowest BCUT2D eigenvalue weighted by molar-refractivity contribution is 0.561. The van der Waals surface area contributed by atoms with Crippen molar-refractivity contribution in [1.82, 2.24) is 10.2 Å². The highest BCUT2D eigenvalue weighted by molar-refractivity contribution is 5.27. The molecule has 2 aromatic rings. The summed E-state index contributed by atoms with van der Waals surface area (Å²) in [4.78, 5) is 11.4. The van der Waals surface area contributed by atoms with Crippen LogP contribution in [0.15, 0.2) is 29.1 Å². The van der Waals surface area contributed by atoms with Gasteiger partial charge in [0.25, 0.3) is 5.56 Å². The van der Waals surface area contributed by atoms with Crippen molar-refractivity contribution in [3.8, 4) is 0 Å². The number of H-pyrrole nitrogens is 1. The van der Waals surface area contributed by atoms with Crippen LogP contribution in [0.3, 0.4) is 0 Å². The van der Waals surface area contributed by atoms with Crippen molar-refractivity contribution in [2.45, 2.75) is 13.3 Å². The van der Waals surface area contributed by atoms with E-state index in [1.54, 1.807) is 6.92 Å². The van der Waals surface area contributed by atoms with E-state index in [9.17, 15) is 13.6 Å². The first kappa shape index (κ1) is 11.4. The van der Waals surface area contributed by atoms with E-state index in [2.05, 4.69) is 10.2 Å². The van der Waals surface area contributed by atoms with Gasteiger partial charge in [-0.25, -0.2) is 13.9 Å². The smallest absolute Gasteiger partial charge is 0.267 e. The summed E-state index contributed by atoms with van der Waals surface area (Å²) < 4.78 is 26.8. The standard InChI is InChI=1S/C12H10F2N2O/c1-7-5-8(12(17)16-15-7)6-9-10(13)3-2-4-11(9)14/h2-5H,6H2,1H3,(H,16,17). The maximum Gasteiger partial charge on any atom is 0.267 e. The Morgan fingerprint density at radius 1 is 1.29 bits per heavy atom. The molecule has 2 rings (SSSR count). The summed E-state index contributed by atoms with van der Waals surface area (Å²) in [5, 5.41) is 5.98. The second kappa shape index (κ2) is 4.45. The highest BCUT2D eigenvalue weighted by Crippen LogP contribution is 2.15. The van der Waals surface area contributed by atoms with E-state index < -0.39 is 17.2 Å². The van der Waals surface area contributed by atoms with Gasteiger partial charge in [-0.15, -0.1) is 0 Å². The summed E-state index contributed by atoms with van der Waals surface area (Å²) in [7, 11) is 0. The van der Waals surface area contributed by atoms with Gasteiger partial charge in [-0.3, -0.25) is 4.79 Å². The van der Waals surface area contributed by atoms with Crippen molar-refractivity contribution in [3.63, 3.8) is 0 Å². The minimum atomic E-state index is -0.654. The van der Waals surface area contributed by atoms with Crippen LogP contribution < -0.4 is 5.56 Å². The van der Waals surface area contributed by atoms with E-state index in [1.807, 2.05) is 0 Å². The quantitative estimate of drug-likeness (QED) is 0.866. The molecule has 1 N–H and O–H groups in total. The van der Waals surface area contributed by atoms with Gasteiger partial charge < -0.3 is 0 Å². The summed E-state index contributed by atoms with van der Waals surface area (Å²) in [5.41, 5.74) is 0.347. The molecule has 88 valence electrons. The van der Waals surface area contributed by atoms with Crippen LogP contribution in [-0.2, 0) is 6.42 Å². The minimum Gasteiger partial charge on any atom is -0.268 e. The number of hydrogen-bond donors (Lipinski definition) is 1. The highest BCUT2D eigenvalue weighted by atomic mass is 19.1. The average molecular weight is 236 g/mol. The molecule has 5 heteroatoms. The zero-order valence-corrected chi connectivity index (χ0v) is 9.13. The topological polar surface area (TPSA) is 45.8 Å². The Hall–Kier alpha value is -2.04. The van der Waals surface area contributed by atoms with Gasteiger partial charge in [-0.2, -0.15) is 5.10 Å². The average Bonchev–Trinajstić information content (AvgIpc) is 2.28. The molecular weight excluding hydrogens is 226 g/mol. The largest absolute Gasteiger partial charge is 0.268 e. The third kappa shape index (κ3) is 2.38. The van der Waals surface area contributed by atoms with Crippen molar-refractivity contribution in [1.29, 1.82) is 0 Å². The zero-order chi connectivity index (χ0) is 12.4. The van der Waals surface area contributed by atoms with Crippen LogP contribution in [-0.4, -0.2) is 10.2 Å². The fourth-order valence-electron chi connectivity index (χ4n) is 1.58. The second-order valence-electron chi connectivity index (χ2n) is 3.74. The molecule has 17 heavy (non-hydrogen) atoms. The van der Waals surface area contributed by atoms with Crippen LogP contribution in [0.1, 0.15) is 16.8 Å². The maximum absolute atomic E-state index is 13.4. The third-order valence-electron chi connectivity index (χ3n) is 2.44. The van der Waals surface area contributed by atoms with Gasteiger partial charge in [0.15, 0.2) is 0 Å². The molecule has 0 atom stereocenters. The molecule has 3 nitrogen and oxygen atoms in total. The fraction of sp³-hybridized carbons (Fsp3) is 0.167. The lowest BCUT2D eigenvalue weighted by Crippen LogP contribution is -2.16. The molecule has 1 heterocycles.